The zero-order valence-corrected chi connectivity index (χ0v) is 10.1. The predicted octanol–water partition coefficient (Wildman–Crippen LogP) is 3.00. The van der Waals surface area contributed by atoms with Crippen LogP contribution in [0.4, 0.5) is 10.1 Å². The van der Waals surface area contributed by atoms with E-state index < -0.39 is 0 Å². The van der Waals surface area contributed by atoms with Gasteiger partial charge in [-0.05, 0) is 36.0 Å². The van der Waals surface area contributed by atoms with E-state index in [0.717, 1.165) is 6.54 Å². The van der Waals surface area contributed by atoms with Crippen LogP contribution in [0.15, 0.2) is 18.2 Å². The van der Waals surface area contributed by atoms with Crippen molar-refractivity contribution in [3.8, 4) is 5.75 Å². The molecule has 1 unspecified atom stereocenters. The minimum atomic E-state index is -0.216. The van der Waals surface area contributed by atoms with E-state index in [4.69, 9.17) is 4.74 Å². The highest BCUT2D eigenvalue weighted by Crippen LogP contribution is 2.25. The number of halogens is 1. The lowest BCUT2D eigenvalue weighted by molar-refractivity contribution is 0.414. The van der Waals surface area contributed by atoms with Gasteiger partial charge in [-0.1, -0.05) is 0 Å². The quantitative estimate of drug-likeness (QED) is 0.875. The molecule has 1 atom stereocenters. The topological polar surface area (TPSA) is 21.3 Å². The minimum absolute atomic E-state index is 0.216. The molecule has 0 amide bonds. The number of anilines is 1. The molecule has 1 aromatic carbocycles. The Morgan fingerprint density at radius 3 is 3.12 bits per heavy atom. The summed E-state index contributed by atoms with van der Waals surface area (Å²) in [4.78, 5) is 0. The van der Waals surface area contributed by atoms with Crippen molar-refractivity contribution in [1.29, 1.82) is 0 Å². The molecular weight excluding hydrogens is 225 g/mol. The summed E-state index contributed by atoms with van der Waals surface area (Å²) in [7, 11) is 1.59. The summed E-state index contributed by atoms with van der Waals surface area (Å²) in [5.41, 5.74) is 0.538. The average Bonchev–Trinajstić information content (AvgIpc) is 2.81. The summed E-state index contributed by atoms with van der Waals surface area (Å²) in [6.07, 6.45) is 1.23. The summed E-state index contributed by atoms with van der Waals surface area (Å²) < 4.78 is 18.5. The van der Waals surface area contributed by atoms with Gasteiger partial charge in [-0.15, -0.1) is 0 Å². The van der Waals surface area contributed by atoms with Crippen LogP contribution in [0.5, 0.6) is 5.75 Å². The molecule has 1 aliphatic heterocycles. The molecule has 1 saturated heterocycles. The lowest BCUT2D eigenvalue weighted by Gasteiger charge is -2.12. The zero-order valence-electron chi connectivity index (χ0n) is 9.33. The minimum Gasteiger partial charge on any atom is -0.497 e. The second-order valence-electron chi connectivity index (χ2n) is 3.96. The second kappa shape index (κ2) is 5.43. The Labute approximate surface area is 99.6 Å². The van der Waals surface area contributed by atoms with Crippen LogP contribution in [-0.4, -0.2) is 25.2 Å². The van der Waals surface area contributed by atoms with Crippen molar-refractivity contribution in [2.45, 2.75) is 6.42 Å². The largest absolute Gasteiger partial charge is 0.497 e. The normalized spacial score (nSPS) is 19.8. The van der Waals surface area contributed by atoms with Crippen LogP contribution in [0.25, 0.3) is 0 Å². The highest BCUT2D eigenvalue weighted by Gasteiger charge is 2.15. The molecule has 2 nitrogen and oxygen atoms in total. The maximum atomic E-state index is 13.5. The standard InChI is InChI=1S/C12H16FNOS/c1-15-10-2-3-11(13)12(6-10)14-7-9-4-5-16-8-9/h2-3,6,9,14H,4-5,7-8H2,1H3. The lowest BCUT2D eigenvalue weighted by atomic mass is 10.1. The van der Waals surface area contributed by atoms with E-state index in [1.807, 2.05) is 11.8 Å². The zero-order chi connectivity index (χ0) is 11.4. The van der Waals surface area contributed by atoms with Gasteiger partial charge in [-0.25, -0.2) is 4.39 Å². The first-order valence-corrected chi connectivity index (χ1v) is 6.60. The van der Waals surface area contributed by atoms with Gasteiger partial charge in [0.15, 0.2) is 0 Å². The highest BCUT2D eigenvalue weighted by molar-refractivity contribution is 7.99. The Morgan fingerprint density at radius 1 is 1.56 bits per heavy atom. The van der Waals surface area contributed by atoms with E-state index in [-0.39, 0.29) is 5.82 Å². The fraction of sp³-hybridized carbons (Fsp3) is 0.500. The van der Waals surface area contributed by atoms with Gasteiger partial charge in [0.05, 0.1) is 12.8 Å². The van der Waals surface area contributed by atoms with Gasteiger partial charge < -0.3 is 10.1 Å². The fourth-order valence-corrected chi connectivity index (χ4v) is 3.05. The SMILES string of the molecule is COc1ccc(F)c(NCC2CCSC2)c1. The predicted molar refractivity (Wildman–Crippen MR) is 66.9 cm³/mol. The molecule has 1 heterocycles. The number of nitrogens with one attached hydrogen (secondary N) is 1. The van der Waals surface area contributed by atoms with E-state index in [9.17, 15) is 4.39 Å². The summed E-state index contributed by atoms with van der Waals surface area (Å²) in [6, 6.07) is 4.77. The molecule has 0 spiro atoms. The van der Waals surface area contributed by atoms with Crippen LogP contribution in [0.2, 0.25) is 0 Å². The van der Waals surface area contributed by atoms with E-state index in [2.05, 4.69) is 5.32 Å². The Morgan fingerprint density at radius 2 is 2.44 bits per heavy atom. The number of hydrogen-bond donors (Lipinski definition) is 1. The Hall–Kier alpha value is -0.900. The molecule has 16 heavy (non-hydrogen) atoms. The highest BCUT2D eigenvalue weighted by atomic mass is 32.2. The van der Waals surface area contributed by atoms with Crippen molar-refractivity contribution in [3.05, 3.63) is 24.0 Å². The molecular formula is C12H16FNOS. The fourth-order valence-electron chi connectivity index (χ4n) is 1.77. The third kappa shape index (κ3) is 2.82. The summed E-state index contributed by atoms with van der Waals surface area (Å²) >= 11 is 1.97. The molecule has 0 saturated carbocycles. The van der Waals surface area contributed by atoms with Crippen LogP contribution in [0.3, 0.4) is 0 Å². The number of rotatable bonds is 4. The lowest BCUT2D eigenvalue weighted by Crippen LogP contribution is -2.14. The first kappa shape index (κ1) is 11.6. The molecule has 4 heteroatoms. The first-order chi connectivity index (χ1) is 7.79. The van der Waals surface area contributed by atoms with Gasteiger partial charge in [0.25, 0.3) is 0 Å². The van der Waals surface area contributed by atoms with Gasteiger partial charge in [0, 0.05) is 12.6 Å². The third-order valence-corrected chi connectivity index (χ3v) is 4.01. The van der Waals surface area contributed by atoms with E-state index in [1.165, 1.54) is 24.0 Å². The van der Waals surface area contributed by atoms with Crippen molar-refractivity contribution in [1.82, 2.24) is 0 Å². The van der Waals surface area contributed by atoms with Crippen molar-refractivity contribution in [3.63, 3.8) is 0 Å². The third-order valence-electron chi connectivity index (χ3n) is 2.78. The van der Waals surface area contributed by atoms with Crippen LogP contribution < -0.4 is 10.1 Å². The number of methoxy groups -OCH3 is 1. The van der Waals surface area contributed by atoms with Crippen LogP contribution >= 0.6 is 11.8 Å². The van der Waals surface area contributed by atoms with Crippen molar-refractivity contribution < 1.29 is 9.13 Å². The smallest absolute Gasteiger partial charge is 0.146 e. The van der Waals surface area contributed by atoms with Crippen LogP contribution in [-0.2, 0) is 0 Å². The van der Waals surface area contributed by atoms with E-state index in [0.29, 0.717) is 17.4 Å². The number of hydrogen-bond acceptors (Lipinski definition) is 3. The van der Waals surface area contributed by atoms with Gasteiger partial charge in [-0.2, -0.15) is 11.8 Å². The summed E-state index contributed by atoms with van der Waals surface area (Å²) in [5, 5.41) is 3.16. The summed E-state index contributed by atoms with van der Waals surface area (Å²) in [5.74, 6) is 3.54. The molecule has 88 valence electrons. The van der Waals surface area contributed by atoms with Crippen molar-refractivity contribution in [2.75, 3.05) is 30.5 Å². The van der Waals surface area contributed by atoms with Crippen LogP contribution in [0, 0.1) is 11.7 Å². The maximum Gasteiger partial charge on any atom is 0.146 e. The second-order valence-corrected chi connectivity index (χ2v) is 5.11. The maximum absolute atomic E-state index is 13.5. The van der Waals surface area contributed by atoms with E-state index >= 15 is 0 Å². The summed E-state index contributed by atoms with van der Waals surface area (Å²) in [6.45, 7) is 0.844. The van der Waals surface area contributed by atoms with Crippen molar-refractivity contribution >= 4 is 17.4 Å². The molecule has 1 N–H and O–H groups in total. The van der Waals surface area contributed by atoms with Gasteiger partial charge in [-0.3, -0.25) is 0 Å². The Balaban J connectivity index is 1.96. The molecule has 0 aromatic heterocycles. The van der Waals surface area contributed by atoms with Crippen molar-refractivity contribution in [2.24, 2.45) is 5.92 Å². The monoisotopic (exact) mass is 241 g/mol. The van der Waals surface area contributed by atoms with Crippen LogP contribution in [0.1, 0.15) is 6.42 Å². The molecule has 2 rings (SSSR count). The number of thioether (sulfide) groups is 1. The average molecular weight is 241 g/mol. The molecule has 0 aliphatic carbocycles. The Kier molecular flexibility index (Phi) is 3.93. The molecule has 1 aromatic rings. The van der Waals surface area contributed by atoms with E-state index in [1.54, 1.807) is 19.2 Å². The molecule has 1 aliphatic rings. The number of benzene rings is 1. The van der Waals surface area contributed by atoms with Gasteiger partial charge >= 0.3 is 0 Å². The van der Waals surface area contributed by atoms with Gasteiger partial charge in [0.2, 0.25) is 0 Å². The molecule has 1 fully saturated rings. The first-order valence-electron chi connectivity index (χ1n) is 5.45. The van der Waals surface area contributed by atoms with Gasteiger partial charge in [0.1, 0.15) is 11.6 Å². The molecule has 0 radical (unpaired) electrons. The Bertz CT molecular complexity index is 353. The molecule has 0 bridgehead atoms. The number of ether oxygens (including phenoxy) is 1.